The molecular weight excluding hydrogens is 254 g/mol. The Labute approximate surface area is 118 Å². The van der Waals surface area contributed by atoms with Crippen molar-refractivity contribution in [3.63, 3.8) is 0 Å². The van der Waals surface area contributed by atoms with E-state index in [0.29, 0.717) is 11.3 Å². The summed E-state index contributed by atoms with van der Waals surface area (Å²) < 4.78 is 5.26. The Morgan fingerprint density at radius 2 is 2.26 bits per heavy atom. The summed E-state index contributed by atoms with van der Waals surface area (Å²) >= 11 is 1.99. The highest BCUT2D eigenvalue weighted by Gasteiger charge is 2.30. The molecule has 0 amide bonds. The number of benzene rings is 1. The number of furan rings is 1. The molecule has 1 aliphatic heterocycles. The summed E-state index contributed by atoms with van der Waals surface area (Å²) in [5.41, 5.74) is 2.74. The van der Waals surface area contributed by atoms with Crippen molar-refractivity contribution in [1.82, 2.24) is 5.32 Å². The number of thioether (sulfide) groups is 1. The van der Waals surface area contributed by atoms with E-state index >= 15 is 0 Å². The first-order valence-electron chi connectivity index (χ1n) is 6.88. The number of fused-ring (bicyclic) bond motifs is 1. The van der Waals surface area contributed by atoms with Gasteiger partial charge in [0.2, 0.25) is 0 Å². The number of hydrogen-bond acceptors (Lipinski definition) is 3. The van der Waals surface area contributed by atoms with Crippen molar-refractivity contribution >= 4 is 11.8 Å². The second-order valence-corrected chi connectivity index (χ2v) is 6.24. The maximum absolute atomic E-state index is 5.26. The predicted octanol–water partition coefficient (Wildman–Crippen LogP) is 4.04. The van der Waals surface area contributed by atoms with Crippen molar-refractivity contribution in [1.29, 1.82) is 0 Å². The van der Waals surface area contributed by atoms with Crippen molar-refractivity contribution in [2.24, 2.45) is 0 Å². The maximum Gasteiger partial charge on any atom is 0.0950 e. The summed E-state index contributed by atoms with van der Waals surface area (Å²) in [5.74, 6) is 0. The summed E-state index contributed by atoms with van der Waals surface area (Å²) in [6, 6.07) is 11.2. The molecule has 3 heteroatoms. The minimum Gasteiger partial charge on any atom is -0.472 e. The van der Waals surface area contributed by atoms with E-state index in [-0.39, 0.29) is 0 Å². The Morgan fingerprint density at radius 3 is 3.00 bits per heavy atom. The maximum atomic E-state index is 5.26. The SMILES string of the molecule is CCCNC(c1ccoc1)C1Cc2ccccc2S1. The largest absolute Gasteiger partial charge is 0.472 e. The standard InChI is InChI=1S/C16H19NOS/c1-2-8-17-16(13-7-9-18-11-13)15-10-12-5-3-4-6-14(12)19-15/h3-7,9,11,15-17H,2,8,10H2,1H3. The molecule has 1 aromatic heterocycles. The summed E-state index contributed by atoms with van der Waals surface area (Å²) in [6.07, 6.45) is 5.92. The second kappa shape index (κ2) is 5.85. The van der Waals surface area contributed by atoms with Gasteiger partial charge in [0.1, 0.15) is 0 Å². The average molecular weight is 273 g/mol. The predicted molar refractivity (Wildman–Crippen MR) is 79.5 cm³/mol. The first-order valence-corrected chi connectivity index (χ1v) is 7.76. The lowest BCUT2D eigenvalue weighted by Gasteiger charge is -2.23. The molecule has 2 nitrogen and oxygen atoms in total. The molecule has 0 saturated carbocycles. The van der Waals surface area contributed by atoms with Gasteiger partial charge in [0.15, 0.2) is 0 Å². The molecule has 1 N–H and O–H groups in total. The Balaban J connectivity index is 1.79. The van der Waals surface area contributed by atoms with Crippen LogP contribution in [0.2, 0.25) is 0 Å². The zero-order valence-corrected chi connectivity index (χ0v) is 12.0. The van der Waals surface area contributed by atoms with Crippen LogP contribution in [-0.4, -0.2) is 11.8 Å². The smallest absolute Gasteiger partial charge is 0.0950 e. The molecule has 2 unspecified atom stereocenters. The summed E-state index contributed by atoms with van der Waals surface area (Å²) in [4.78, 5) is 1.43. The van der Waals surface area contributed by atoms with E-state index in [1.165, 1.54) is 16.0 Å². The van der Waals surface area contributed by atoms with E-state index in [2.05, 4.69) is 42.6 Å². The van der Waals surface area contributed by atoms with Crippen molar-refractivity contribution in [2.75, 3.05) is 6.54 Å². The number of hydrogen-bond donors (Lipinski definition) is 1. The first kappa shape index (κ1) is 12.8. The van der Waals surface area contributed by atoms with Gasteiger partial charge in [0.25, 0.3) is 0 Å². The lowest BCUT2D eigenvalue weighted by atomic mass is 10.0. The third kappa shape index (κ3) is 2.72. The van der Waals surface area contributed by atoms with Crippen LogP contribution in [-0.2, 0) is 6.42 Å². The van der Waals surface area contributed by atoms with Gasteiger partial charge in [0, 0.05) is 21.8 Å². The van der Waals surface area contributed by atoms with Gasteiger partial charge in [-0.25, -0.2) is 0 Å². The van der Waals surface area contributed by atoms with Crippen LogP contribution in [0.15, 0.2) is 52.2 Å². The van der Waals surface area contributed by atoms with Crippen molar-refractivity contribution in [3.05, 3.63) is 54.0 Å². The molecule has 0 bridgehead atoms. The fraction of sp³-hybridized carbons (Fsp3) is 0.375. The van der Waals surface area contributed by atoms with Gasteiger partial charge in [-0.15, -0.1) is 11.8 Å². The molecule has 1 aliphatic rings. The van der Waals surface area contributed by atoms with E-state index in [9.17, 15) is 0 Å². The molecule has 0 fully saturated rings. The van der Waals surface area contributed by atoms with Gasteiger partial charge in [0.05, 0.1) is 12.5 Å². The minimum atomic E-state index is 0.371. The van der Waals surface area contributed by atoms with Crippen LogP contribution in [0.1, 0.15) is 30.5 Å². The molecule has 2 atom stereocenters. The van der Waals surface area contributed by atoms with Crippen molar-refractivity contribution < 1.29 is 4.42 Å². The summed E-state index contributed by atoms with van der Waals surface area (Å²) in [5, 5.41) is 4.22. The fourth-order valence-electron chi connectivity index (χ4n) is 2.61. The van der Waals surface area contributed by atoms with Crippen LogP contribution in [0.25, 0.3) is 0 Å². The monoisotopic (exact) mass is 273 g/mol. The van der Waals surface area contributed by atoms with Gasteiger partial charge in [-0.1, -0.05) is 25.1 Å². The molecule has 3 rings (SSSR count). The van der Waals surface area contributed by atoms with Crippen molar-refractivity contribution in [2.45, 2.75) is 36.0 Å². The van der Waals surface area contributed by atoms with E-state index in [1.807, 2.05) is 18.0 Å². The van der Waals surface area contributed by atoms with Crippen LogP contribution < -0.4 is 5.32 Å². The number of nitrogens with one attached hydrogen (secondary N) is 1. The lowest BCUT2D eigenvalue weighted by Crippen LogP contribution is -2.30. The van der Waals surface area contributed by atoms with Gasteiger partial charge in [-0.2, -0.15) is 0 Å². The van der Waals surface area contributed by atoms with Crippen LogP contribution in [0.3, 0.4) is 0 Å². The second-order valence-electron chi connectivity index (χ2n) is 4.96. The van der Waals surface area contributed by atoms with Gasteiger partial charge < -0.3 is 9.73 Å². The quantitative estimate of drug-likeness (QED) is 0.890. The molecule has 0 radical (unpaired) electrons. The topological polar surface area (TPSA) is 25.2 Å². The van der Waals surface area contributed by atoms with E-state index in [1.54, 1.807) is 6.26 Å². The van der Waals surface area contributed by atoms with E-state index in [4.69, 9.17) is 4.42 Å². The van der Waals surface area contributed by atoms with Crippen LogP contribution >= 0.6 is 11.8 Å². The molecule has 100 valence electrons. The molecule has 0 saturated heterocycles. The molecule has 2 aromatic rings. The van der Waals surface area contributed by atoms with Gasteiger partial charge >= 0.3 is 0 Å². The zero-order valence-electron chi connectivity index (χ0n) is 11.1. The van der Waals surface area contributed by atoms with E-state index < -0.39 is 0 Å². The zero-order chi connectivity index (χ0) is 13.1. The minimum absolute atomic E-state index is 0.371. The lowest BCUT2D eigenvalue weighted by molar-refractivity contribution is 0.500. The van der Waals surface area contributed by atoms with Crippen LogP contribution in [0, 0.1) is 0 Å². The average Bonchev–Trinajstić information content (AvgIpc) is 3.08. The highest BCUT2D eigenvalue weighted by atomic mass is 32.2. The molecule has 0 spiro atoms. The molecule has 19 heavy (non-hydrogen) atoms. The highest BCUT2D eigenvalue weighted by molar-refractivity contribution is 8.00. The Bertz CT molecular complexity index is 498. The van der Waals surface area contributed by atoms with Crippen molar-refractivity contribution in [3.8, 4) is 0 Å². The third-order valence-corrected chi connectivity index (χ3v) is 4.95. The summed E-state index contributed by atoms with van der Waals surface area (Å²) in [6.45, 7) is 3.25. The highest BCUT2D eigenvalue weighted by Crippen LogP contribution is 2.42. The number of rotatable bonds is 5. The fourth-order valence-corrected chi connectivity index (χ4v) is 4.05. The van der Waals surface area contributed by atoms with Gasteiger partial charge in [-0.05, 0) is 37.1 Å². The molecule has 2 heterocycles. The Kier molecular flexibility index (Phi) is 3.95. The van der Waals surface area contributed by atoms with Gasteiger partial charge in [-0.3, -0.25) is 0 Å². The van der Waals surface area contributed by atoms with Crippen LogP contribution in [0.5, 0.6) is 0 Å². The third-order valence-electron chi connectivity index (χ3n) is 3.56. The first-order chi connectivity index (χ1) is 9.38. The normalized spacial score (nSPS) is 19.3. The molecule has 0 aliphatic carbocycles. The molecule has 1 aromatic carbocycles. The van der Waals surface area contributed by atoms with Crippen LogP contribution in [0.4, 0.5) is 0 Å². The Morgan fingerprint density at radius 1 is 1.37 bits per heavy atom. The van der Waals surface area contributed by atoms with E-state index in [0.717, 1.165) is 19.4 Å². The Hall–Kier alpha value is -1.19. The summed E-state index contributed by atoms with van der Waals surface area (Å²) in [7, 11) is 0. The molecular formula is C16H19NOS.